The summed E-state index contributed by atoms with van der Waals surface area (Å²) in [6, 6.07) is 14.4. The third kappa shape index (κ3) is 5.61. The van der Waals surface area contributed by atoms with E-state index in [-0.39, 0.29) is 24.0 Å². The molecule has 0 saturated carbocycles. The molecule has 34 heavy (non-hydrogen) atoms. The summed E-state index contributed by atoms with van der Waals surface area (Å²) in [6.07, 6.45) is 5.17. The van der Waals surface area contributed by atoms with Crippen molar-refractivity contribution in [3.63, 3.8) is 0 Å². The van der Waals surface area contributed by atoms with E-state index in [0.717, 1.165) is 18.8 Å². The number of anilines is 3. The Bertz CT molecular complexity index is 1220. The summed E-state index contributed by atoms with van der Waals surface area (Å²) in [5.41, 5.74) is 2.51. The summed E-state index contributed by atoms with van der Waals surface area (Å²) in [6.45, 7) is 2.16. The molecule has 0 radical (unpaired) electrons. The quantitative estimate of drug-likeness (QED) is 0.431. The van der Waals surface area contributed by atoms with Gasteiger partial charge in [-0.3, -0.25) is 14.4 Å². The van der Waals surface area contributed by atoms with Gasteiger partial charge in [0, 0.05) is 43.1 Å². The number of likely N-dealkylation sites (N-methyl/N-ethyl adjacent to an activating group) is 1. The van der Waals surface area contributed by atoms with Crippen molar-refractivity contribution in [2.45, 2.75) is 19.3 Å². The van der Waals surface area contributed by atoms with E-state index in [1.54, 1.807) is 43.4 Å². The summed E-state index contributed by atoms with van der Waals surface area (Å²) >= 11 is 0. The summed E-state index contributed by atoms with van der Waals surface area (Å²) < 4.78 is 0. The van der Waals surface area contributed by atoms with Crippen molar-refractivity contribution >= 4 is 29.0 Å². The Hall–Kier alpha value is -4.14. The van der Waals surface area contributed by atoms with E-state index in [1.165, 1.54) is 25.5 Å². The van der Waals surface area contributed by atoms with Crippen molar-refractivity contribution in [2.75, 3.05) is 42.2 Å². The molecule has 4 rings (SSSR count). The molecule has 0 aliphatic carbocycles. The summed E-state index contributed by atoms with van der Waals surface area (Å²) in [5.74, 6) is -0.00122. The number of aromatic amines is 1. The van der Waals surface area contributed by atoms with E-state index in [4.69, 9.17) is 0 Å². The first-order valence-corrected chi connectivity index (χ1v) is 11.3. The average Bonchev–Trinajstić information content (AvgIpc) is 2.89. The van der Waals surface area contributed by atoms with Gasteiger partial charge in [-0.05, 0) is 61.7 Å². The molecule has 1 aliphatic heterocycles. The fraction of sp³-hybridized carbons (Fsp3) is 0.280. The monoisotopic (exact) mass is 460 g/mol. The zero-order valence-electron chi connectivity index (χ0n) is 19.1. The number of hydrogen-bond donors (Lipinski definition) is 4. The predicted octanol–water partition coefficient (Wildman–Crippen LogP) is 2.84. The Morgan fingerprint density at radius 3 is 2.56 bits per heavy atom. The molecule has 0 bridgehead atoms. The van der Waals surface area contributed by atoms with Crippen LogP contribution in [0.15, 0.2) is 59.5 Å². The lowest BCUT2D eigenvalue weighted by atomic mass is 10.1. The number of nitrogens with one attached hydrogen (secondary N) is 4. The lowest BCUT2D eigenvalue weighted by Crippen LogP contribution is -2.29. The second-order valence-corrected chi connectivity index (χ2v) is 8.11. The number of rotatable bonds is 7. The van der Waals surface area contributed by atoms with E-state index < -0.39 is 5.56 Å². The van der Waals surface area contributed by atoms with Gasteiger partial charge in [0.15, 0.2) is 0 Å². The number of pyridine rings is 2. The molecule has 2 amide bonds. The van der Waals surface area contributed by atoms with Crippen LogP contribution >= 0.6 is 0 Å². The fourth-order valence-electron chi connectivity index (χ4n) is 3.85. The molecule has 1 saturated heterocycles. The first kappa shape index (κ1) is 23.0. The third-order valence-corrected chi connectivity index (χ3v) is 5.76. The highest BCUT2D eigenvalue weighted by molar-refractivity contribution is 6.04. The standard InChI is InChI=1S/C25H28N6O3/c1-26-23(32)16-27-22-7-5-6-20(29-22)18-14-21(25(34)28-15-18)30-24(33)17-8-10-19(11-9-17)31-12-3-2-4-13-31/h5-11,14-15H,2-4,12-13,16H2,1H3,(H,26,32)(H,27,29)(H,28,34)(H,30,33). The van der Waals surface area contributed by atoms with Gasteiger partial charge >= 0.3 is 0 Å². The third-order valence-electron chi connectivity index (χ3n) is 5.76. The van der Waals surface area contributed by atoms with Gasteiger partial charge in [-0.15, -0.1) is 0 Å². The molecule has 2 aromatic heterocycles. The van der Waals surface area contributed by atoms with Crippen molar-refractivity contribution in [2.24, 2.45) is 0 Å². The highest BCUT2D eigenvalue weighted by Gasteiger charge is 2.14. The van der Waals surface area contributed by atoms with Crippen molar-refractivity contribution < 1.29 is 9.59 Å². The molecule has 0 spiro atoms. The van der Waals surface area contributed by atoms with Crippen LogP contribution in [-0.2, 0) is 4.79 Å². The first-order chi connectivity index (χ1) is 16.5. The molecule has 3 heterocycles. The lowest BCUT2D eigenvalue weighted by molar-refractivity contribution is -0.118. The van der Waals surface area contributed by atoms with Gasteiger partial charge in [0.25, 0.3) is 11.5 Å². The summed E-state index contributed by atoms with van der Waals surface area (Å²) in [5, 5.41) is 8.19. The Morgan fingerprint density at radius 2 is 1.82 bits per heavy atom. The molecule has 1 aliphatic rings. The Labute approximate surface area is 197 Å². The van der Waals surface area contributed by atoms with E-state index >= 15 is 0 Å². The van der Waals surface area contributed by atoms with Gasteiger partial charge < -0.3 is 25.8 Å². The Balaban J connectivity index is 1.47. The van der Waals surface area contributed by atoms with Crippen LogP contribution in [0.2, 0.25) is 0 Å². The number of piperidine rings is 1. The molecule has 4 N–H and O–H groups in total. The number of carbonyl (C=O) groups excluding carboxylic acids is 2. The summed E-state index contributed by atoms with van der Waals surface area (Å²) in [4.78, 5) is 46.1. The zero-order valence-corrected chi connectivity index (χ0v) is 19.1. The molecular weight excluding hydrogens is 432 g/mol. The normalized spacial score (nSPS) is 13.3. The van der Waals surface area contributed by atoms with Crippen LogP contribution in [0.5, 0.6) is 0 Å². The van der Waals surface area contributed by atoms with Crippen molar-refractivity contribution in [1.29, 1.82) is 0 Å². The molecule has 0 atom stereocenters. The molecular formula is C25H28N6O3. The maximum atomic E-state index is 12.8. The Kier molecular flexibility index (Phi) is 7.22. The largest absolute Gasteiger partial charge is 0.372 e. The van der Waals surface area contributed by atoms with Gasteiger partial charge in [0.1, 0.15) is 11.5 Å². The number of hydrogen-bond acceptors (Lipinski definition) is 6. The maximum Gasteiger partial charge on any atom is 0.271 e. The van der Waals surface area contributed by atoms with Crippen molar-refractivity contribution in [3.8, 4) is 11.3 Å². The molecule has 9 heteroatoms. The fourth-order valence-corrected chi connectivity index (χ4v) is 3.85. The molecule has 3 aromatic rings. The number of benzene rings is 1. The highest BCUT2D eigenvalue weighted by Crippen LogP contribution is 2.22. The number of carbonyl (C=O) groups is 2. The van der Waals surface area contributed by atoms with Crippen LogP contribution in [-0.4, -0.2) is 48.5 Å². The lowest BCUT2D eigenvalue weighted by Gasteiger charge is -2.28. The first-order valence-electron chi connectivity index (χ1n) is 11.3. The number of amides is 2. The predicted molar refractivity (Wildman–Crippen MR) is 133 cm³/mol. The van der Waals surface area contributed by atoms with Crippen LogP contribution in [0, 0.1) is 0 Å². The van der Waals surface area contributed by atoms with Crippen LogP contribution in [0.4, 0.5) is 17.2 Å². The van der Waals surface area contributed by atoms with E-state index in [9.17, 15) is 14.4 Å². The minimum atomic E-state index is -0.407. The van der Waals surface area contributed by atoms with E-state index in [0.29, 0.717) is 22.6 Å². The maximum absolute atomic E-state index is 12.8. The molecule has 176 valence electrons. The van der Waals surface area contributed by atoms with Gasteiger partial charge in [0.05, 0.1) is 12.2 Å². The van der Waals surface area contributed by atoms with E-state index in [1.807, 2.05) is 12.1 Å². The Morgan fingerprint density at radius 1 is 1.06 bits per heavy atom. The minimum absolute atomic E-state index is 0.0937. The number of nitrogens with zero attached hydrogens (tertiary/aromatic N) is 2. The van der Waals surface area contributed by atoms with Crippen molar-refractivity contribution in [3.05, 3.63) is 70.6 Å². The SMILES string of the molecule is CNC(=O)CNc1cccc(-c2c[nH]c(=O)c(NC(=O)c3ccc(N4CCCCC4)cc3)c2)n1. The number of H-pyrrole nitrogens is 1. The molecule has 0 unspecified atom stereocenters. The molecule has 1 fully saturated rings. The number of aromatic nitrogens is 2. The van der Waals surface area contributed by atoms with Crippen LogP contribution in [0.1, 0.15) is 29.6 Å². The van der Waals surface area contributed by atoms with Gasteiger partial charge in [-0.1, -0.05) is 6.07 Å². The minimum Gasteiger partial charge on any atom is -0.372 e. The summed E-state index contributed by atoms with van der Waals surface area (Å²) in [7, 11) is 1.56. The van der Waals surface area contributed by atoms with Gasteiger partial charge in [-0.25, -0.2) is 4.98 Å². The molecule has 1 aromatic carbocycles. The highest BCUT2D eigenvalue weighted by atomic mass is 16.2. The van der Waals surface area contributed by atoms with Crippen LogP contribution in [0.3, 0.4) is 0 Å². The smallest absolute Gasteiger partial charge is 0.271 e. The van der Waals surface area contributed by atoms with Crippen LogP contribution < -0.4 is 26.4 Å². The zero-order chi connectivity index (χ0) is 23.9. The second-order valence-electron chi connectivity index (χ2n) is 8.11. The van der Waals surface area contributed by atoms with Gasteiger partial charge in [-0.2, -0.15) is 0 Å². The molecule has 9 nitrogen and oxygen atoms in total. The van der Waals surface area contributed by atoms with E-state index in [2.05, 4.69) is 30.8 Å². The average molecular weight is 461 g/mol. The second kappa shape index (κ2) is 10.7. The van der Waals surface area contributed by atoms with Crippen molar-refractivity contribution in [1.82, 2.24) is 15.3 Å². The topological polar surface area (TPSA) is 119 Å². The van der Waals surface area contributed by atoms with Gasteiger partial charge in [0.2, 0.25) is 5.91 Å². The van der Waals surface area contributed by atoms with Crippen LogP contribution in [0.25, 0.3) is 11.3 Å².